The first-order chi connectivity index (χ1) is 12.5. The van der Waals surface area contributed by atoms with Crippen molar-refractivity contribution in [1.82, 2.24) is 29.0 Å². The molecule has 0 radical (unpaired) electrons. The van der Waals surface area contributed by atoms with E-state index in [0.29, 0.717) is 11.3 Å². The van der Waals surface area contributed by atoms with Gasteiger partial charge in [0.2, 0.25) is 10.0 Å². The minimum absolute atomic E-state index is 0. The van der Waals surface area contributed by atoms with E-state index in [0.717, 1.165) is 10.9 Å². The van der Waals surface area contributed by atoms with Gasteiger partial charge in [0, 0.05) is 52.2 Å². The van der Waals surface area contributed by atoms with E-state index in [4.69, 9.17) is 0 Å². The van der Waals surface area contributed by atoms with Crippen LogP contribution in [0.4, 0.5) is 0 Å². The van der Waals surface area contributed by atoms with Gasteiger partial charge < -0.3 is 9.97 Å². The number of nitriles is 1. The number of aromatic nitrogens is 5. The summed E-state index contributed by atoms with van der Waals surface area (Å²) in [6.07, 6.45) is 6.78. The number of sulfonamides is 1. The predicted octanol–water partition coefficient (Wildman–Crippen LogP) is 0.722. The summed E-state index contributed by atoms with van der Waals surface area (Å²) >= 11 is 0. The molecule has 0 unspecified atom stereocenters. The summed E-state index contributed by atoms with van der Waals surface area (Å²) < 4.78 is 27.2. The van der Waals surface area contributed by atoms with E-state index in [9.17, 15) is 13.7 Å². The average Bonchev–Trinajstić information content (AvgIpc) is 3.26. The van der Waals surface area contributed by atoms with Crippen LogP contribution in [-0.4, -0.2) is 51.3 Å². The van der Waals surface area contributed by atoms with Gasteiger partial charge in [0.05, 0.1) is 30.1 Å². The van der Waals surface area contributed by atoms with Crippen molar-refractivity contribution in [2.24, 2.45) is 0 Å². The summed E-state index contributed by atoms with van der Waals surface area (Å²) in [5, 5.41) is 14.5. The van der Waals surface area contributed by atoms with Crippen molar-refractivity contribution in [2.75, 3.05) is 18.8 Å². The third-order valence-corrected chi connectivity index (χ3v) is 6.53. The Balaban J connectivity index is 0.00000210. The molecule has 11 heteroatoms. The standard InChI is InChI=1S/C16H16N7O2S.W/c1-2-26(24,25)22-9-16(10-22,4-5-17)23-8-12(7-21-23)14-13-3-6-18-15(13)20-11-19-14;/h3,6-8,11H,2,4,9-10H2,1H3;/q-1;. The molecule has 4 rings (SSSR count). The van der Waals surface area contributed by atoms with Gasteiger partial charge in [-0.3, -0.25) is 9.67 Å². The van der Waals surface area contributed by atoms with Crippen LogP contribution in [-0.2, 0) is 36.6 Å². The smallest absolute Gasteiger partial charge is 0.213 e. The second-order valence-corrected chi connectivity index (χ2v) is 8.56. The molecular formula is C16H16N7O2SW-. The van der Waals surface area contributed by atoms with Gasteiger partial charge >= 0.3 is 0 Å². The van der Waals surface area contributed by atoms with Gasteiger partial charge in [-0.2, -0.15) is 14.7 Å². The van der Waals surface area contributed by atoms with Crippen molar-refractivity contribution in [3.8, 4) is 17.3 Å². The monoisotopic (exact) mass is 554 g/mol. The van der Waals surface area contributed by atoms with Crippen molar-refractivity contribution in [2.45, 2.75) is 18.9 Å². The minimum Gasteiger partial charge on any atom is -0.442 e. The molecule has 0 atom stereocenters. The molecule has 0 aromatic carbocycles. The van der Waals surface area contributed by atoms with Crippen LogP contribution < -0.4 is 4.98 Å². The van der Waals surface area contributed by atoms with Crippen LogP contribution in [0.15, 0.2) is 31.0 Å². The molecule has 0 N–H and O–H groups in total. The maximum atomic E-state index is 12.0. The molecule has 27 heavy (non-hydrogen) atoms. The Labute approximate surface area is 170 Å². The Morgan fingerprint density at radius 2 is 2.15 bits per heavy atom. The van der Waals surface area contributed by atoms with Gasteiger partial charge in [-0.25, -0.2) is 8.42 Å². The molecule has 0 saturated carbocycles. The maximum Gasteiger partial charge on any atom is 0.213 e. The van der Waals surface area contributed by atoms with Crippen LogP contribution in [0.5, 0.6) is 0 Å². The average molecular weight is 554 g/mol. The molecule has 1 saturated heterocycles. The molecule has 1 aliphatic rings. The first-order valence-electron chi connectivity index (χ1n) is 8.12. The summed E-state index contributed by atoms with van der Waals surface area (Å²) in [6.45, 7) is 2.10. The summed E-state index contributed by atoms with van der Waals surface area (Å²) in [7, 11) is -3.27. The molecule has 0 bridgehead atoms. The van der Waals surface area contributed by atoms with Gasteiger partial charge in [-0.1, -0.05) is 12.3 Å². The van der Waals surface area contributed by atoms with Crippen LogP contribution in [0.3, 0.4) is 0 Å². The van der Waals surface area contributed by atoms with Gasteiger partial charge in [-0.15, -0.1) is 0 Å². The largest absolute Gasteiger partial charge is 0.442 e. The second kappa shape index (κ2) is 7.15. The summed E-state index contributed by atoms with van der Waals surface area (Å²) in [5.41, 5.74) is 1.45. The quantitative estimate of drug-likeness (QED) is 0.456. The van der Waals surface area contributed by atoms with Crippen molar-refractivity contribution in [1.29, 1.82) is 5.26 Å². The van der Waals surface area contributed by atoms with Crippen molar-refractivity contribution >= 4 is 21.1 Å². The topological polar surface area (TPSA) is 119 Å². The first-order valence-corrected chi connectivity index (χ1v) is 9.73. The Morgan fingerprint density at radius 1 is 1.37 bits per heavy atom. The Bertz CT molecular complexity index is 1110. The molecule has 9 nitrogen and oxygen atoms in total. The number of rotatable bonds is 5. The van der Waals surface area contributed by atoms with Crippen LogP contribution in [0.2, 0.25) is 0 Å². The normalized spacial score (nSPS) is 16.4. The Morgan fingerprint density at radius 3 is 2.85 bits per heavy atom. The fourth-order valence-corrected chi connectivity index (χ4v) is 4.47. The summed E-state index contributed by atoms with van der Waals surface area (Å²) in [5.74, 6) is 0.0445. The van der Waals surface area contributed by atoms with Gasteiger partial charge in [0.25, 0.3) is 0 Å². The molecule has 0 amide bonds. The summed E-state index contributed by atoms with van der Waals surface area (Å²) in [6, 6.07) is 3.99. The van der Waals surface area contributed by atoms with Crippen molar-refractivity contribution < 1.29 is 29.5 Å². The van der Waals surface area contributed by atoms with Crippen molar-refractivity contribution in [3.05, 3.63) is 31.0 Å². The molecular weight excluding hydrogens is 538 g/mol. The fourth-order valence-electron chi connectivity index (χ4n) is 3.23. The zero-order valence-electron chi connectivity index (χ0n) is 14.5. The van der Waals surface area contributed by atoms with Gasteiger partial charge in [-0.05, 0) is 18.0 Å². The SMILES string of the molecule is CCS(=O)(=O)N1CC(CC#N)(n2cc(-c3ncnc4[n-]ccc34)cn2)C1.[W]. The van der Waals surface area contributed by atoms with E-state index >= 15 is 0 Å². The van der Waals surface area contributed by atoms with Crippen LogP contribution in [0, 0.1) is 11.3 Å². The number of hydrogen-bond donors (Lipinski definition) is 0. The second-order valence-electron chi connectivity index (χ2n) is 6.31. The zero-order valence-corrected chi connectivity index (χ0v) is 18.2. The van der Waals surface area contributed by atoms with E-state index in [1.165, 1.54) is 10.6 Å². The van der Waals surface area contributed by atoms with Crippen molar-refractivity contribution in [3.63, 3.8) is 0 Å². The van der Waals surface area contributed by atoms with Gasteiger partial charge in [0.15, 0.2) is 0 Å². The Hall–Kier alpha value is -2.08. The molecule has 140 valence electrons. The van der Waals surface area contributed by atoms with E-state index in [1.807, 2.05) is 12.3 Å². The third-order valence-electron chi connectivity index (χ3n) is 4.75. The molecule has 0 spiro atoms. The molecule has 3 aromatic rings. The molecule has 0 aliphatic carbocycles. The zero-order chi connectivity index (χ0) is 18.4. The van der Waals surface area contributed by atoms with Crippen LogP contribution in [0.25, 0.3) is 22.3 Å². The molecule has 4 heterocycles. The fraction of sp³-hybridized carbons (Fsp3) is 0.375. The van der Waals surface area contributed by atoms with E-state index in [-0.39, 0.29) is 46.3 Å². The Kier molecular flexibility index (Phi) is 5.21. The molecule has 1 fully saturated rings. The predicted molar refractivity (Wildman–Crippen MR) is 93.3 cm³/mol. The van der Waals surface area contributed by atoms with Crippen LogP contribution >= 0.6 is 0 Å². The van der Waals surface area contributed by atoms with Crippen LogP contribution in [0.1, 0.15) is 13.3 Å². The number of fused-ring (bicyclic) bond motifs is 1. The van der Waals surface area contributed by atoms with E-state index in [2.05, 4.69) is 26.1 Å². The number of hydrogen-bond acceptors (Lipinski definition) is 6. The maximum absolute atomic E-state index is 12.0. The van der Waals surface area contributed by atoms with E-state index in [1.54, 1.807) is 24.0 Å². The third kappa shape index (κ3) is 3.20. The molecule has 3 aromatic heterocycles. The minimum atomic E-state index is -3.27. The number of nitrogens with zero attached hydrogens (tertiary/aromatic N) is 7. The van der Waals surface area contributed by atoms with E-state index < -0.39 is 15.6 Å². The van der Waals surface area contributed by atoms with Gasteiger partial charge in [0.1, 0.15) is 5.54 Å². The summed E-state index contributed by atoms with van der Waals surface area (Å²) in [4.78, 5) is 12.6. The first kappa shape index (κ1) is 19.7. The molecule has 1 aliphatic heterocycles.